The lowest BCUT2D eigenvalue weighted by Gasteiger charge is -2.03. The molecule has 0 aromatic heterocycles. The highest BCUT2D eigenvalue weighted by molar-refractivity contribution is 5.86. The van der Waals surface area contributed by atoms with Gasteiger partial charge in [-0.2, -0.15) is 5.26 Å². The van der Waals surface area contributed by atoms with Gasteiger partial charge in [-0.15, -0.1) is 0 Å². The molecule has 0 radical (unpaired) electrons. The van der Waals surface area contributed by atoms with Crippen LogP contribution < -0.4 is 0 Å². The summed E-state index contributed by atoms with van der Waals surface area (Å²) in [6, 6.07) is 18.3. The minimum Gasteiger partial charge on any atom is -0.464 e. The van der Waals surface area contributed by atoms with Crippen molar-refractivity contribution in [2.24, 2.45) is 0 Å². The zero-order valence-corrected chi connectivity index (χ0v) is 9.76. The molecule has 0 fully saturated rings. The van der Waals surface area contributed by atoms with Crippen LogP contribution in [0.3, 0.4) is 0 Å². The van der Waals surface area contributed by atoms with Crippen LogP contribution in [0.1, 0.15) is 5.56 Å². The molecular formula is C16H11NO. The Kier molecular flexibility index (Phi) is 2.59. The zero-order chi connectivity index (χ0) is 12.4. The fourth-order valence-corrected chi connectivity index (χ4v) is 2.23. The molecule has 2 nitrogen and oxygen atoms in total. The highest BCUT2D eigenvalue weighted by Crippen LogP contribution is 2.38. The van der Waals surface area contributed by atoms with Crippen molar-refractivity contribution in [2.45, 2.75) is 6.42 Å². The van der Waals surface area contributed by atoms with Gasteiger partial charge in [0, 0.05) is 11.1 Å². The summed E-state index contributed by atoms with van der Waals surface area (Å²) in [5.41, 5.74) is 4.29. The van der Waals surface area contributed by atoms with Crippen LogP contribution in [0.5, 0.6) is 0 Å². The minimum absolute atomic E-state index is 0.372. The van der Waals surface area contributed by atoms with Crippen LogP contribution in [0.2, 0.25) is 0 Å². The number of benzene rings is 1. The minimum atomic E-state index is 0.372. The molecule has 18 heavy (non-hydrogen) atoms. The second kappa shape index (κ2) is 4.38. The third-order valence-corrected chi connectivity index (χ3v) is 3.03. The van der Waals surface area contributed by atoms with E-state index in [4.69, 9.17) is 9.68 Å². The molecule has 0 bridgehead atoms. The van der Waals surface area contributed by atoms with Crippen LogP contribution in [-0.4, -0.2) is 0 Å². The maximum absolute atomic E-state index is 8.87. The number of hydrogen-bond acceptors (Lipinski definition) is 2. The molecule has 0 amide bonds. The smallest absolute Gasteiger partial charge is 0.138 e. The third kappa shape index (κ3) is 1.66. The Bertz CT molecular complexity index is 676. The number of fused-ring (bicyclic) bond motifs is 1. The van der Waals surface area contributed by atoms with Gasteiger partial charge in [-0.05, 0) is 29.3 Å². The van der Waals surface area contributed by atoms with Gasteiger partial charge in [0.05, 0.1) is 18.8 Å². The monoisotopic (exact) mass is 233 g/mol. The van der Waals surface area contributed by atoms with Crippen LogP contribution in [0, 0.1) is 11.3 Å². The molecule has 2 aliphatic rings. The number of rotatable bonds is 2. The van der Waals surface area contributed by atoms with Gasteiger partial charge in [-0.25, -0.2) is 0 Å². The van der Waals surface area contributed by atoms with Crippen LogP contribution in [0.15, 0.2) is 59.2 Å². The van der Waals surface area contributed by atoms with Gasteiger partial charge in [-0.3, -0.25) is 0 Å². The third-order valence-electron chi connectivity index (χ3n) is 3.03. The molecule has 0 unspecified atom stereocenters. The Morgan fingerprint density at radius 1 is 1.00 bits per heavy atom. The first-order valence-electron chi connectivity index (χ1n) is 5.81. The molecule has 1 aromatic carbocycles. The van der Waals surface area contributed by atoms with Crippen molar-refractivity contribution in [3.05, 3.63) is 60.4 Å². The van der Waals surface area contributed by atoms with E-state index in [1.54, 1.807) is 6.26 Å². The van der Waals surface area contributed by atoms with Crippen molar-refractivity contribution in [1.29, 1.82) is 5.26 Å². The summed E-state index contributed by atoms with van der Waals surface area (Å²) < 4.78 is 5.55. The van der Waals surface area contributed by atoms with Crippen LogP contribution in [0.25, 0.3) is 22.5 Å². The van der Waals surface area contributed by atoms with Crippen molar-refractivity contribution in [3.8, 4) is 28.5 Å². The lowest BCUT2D eigenvalue weighted by Crippen LogP contribution is -1.81. The van der Waals surface area contributed by atoms with Gasteiger partial charge < -0.3 is 4.42 Å². The topological polar surface area (TPSA) is 36.9 Å². The van der Waals surface area contributed by atoms with Crippen LogP contribution >= 0.6 is 0 Å². The standard InChI is InChI=1S/C16H11NO/c17-9-8-13-11-15(12-5-2-1-3-6-12)14-7-4-10-18-16(13)14/h1-7,10-11H,8H2. The Balaban J connectivity index is 2.22. The lowest BCUT2D eigenvalue weighted by atomic mass is 10.0. The van der Waals surface area contributed by atoms with Crippen molar-refractivity contribution >= 4 is 0 Å². The molecule has 2 heteroatoms. The first kappa shape index (κ1) is 10.6. The Hall–Kier alpha value is -2.53. The van der Waals surface area contributed by atoms with Crippen molar-refractivity contribution in [1.82, 2.24) is 0 Å². The van der Waals surface area contributed by atoms with Crippen LogP contribution in [0.4, 0.5) is 0 Å². The molecule has 1 aliphatic heterocycles. The normalized spacial score (nSPS) is 10.4. The van der Waals surface area contributed by atoms with Gasteiger partial charge in [0.1, 0.15) is 5.76 Å². The predicted octanol–water partition coefficient (Wildman–Crippen LogP) is 4.12. The van der Waals surface area contributed by atoms with E-state index >= 15 is 0 Å². The molecule has 1 heterocycles. The average molecular weight is 233 g/mol. The van der Waals surface area contributed by atoms with Crippen molar-refractivity contribution in [3.63, 3.8) is 0 Å². The lowest BCUT2D eigenvalue weighted by molar-refractivity contribution is 0.563. The van der Waals surface area contributed by atoms with Crippen molar-refractivity contribution in [2.75, 3.05) is 0 Å². The van der Waals surface area contributed by atoms with E-state index in [1.807, 2.05) is 36.4 Å². The van der Waals surface area contributed by atoms with Gasteiger partial charge in [-0.1, -0.05) is 30.3 Å². The molecule has 1 aliphatic carbocycles. The molecule has 0 saturated heterocycles. The van der Waals surface area contributed by atoms with E-state index < -0.39 is 0 Å². The van der Waals surface area contributed by atoms with E-state index in [0.717, 1.165) is 28.0 Å². The highest BCUT2D eigenvalue weighted by atomic mass is 16.3. The van der Waals surface area contributed by atoms with Gasteiger partial charge in [0.25, 0.3) is 0 Å². The van der Waals surface area contributed by atoms with Crippen LogP contribution in [-0.2, 0) is 6.42 Å². The highest BCUT2D eigenvalue weighted by Gasteiger charge is 2.18. The van der Waals surface area contributed by atoms with Gasteiger partial charge in [0.2, 0.25) is 0 Å². The average Bonchev–Trinajstić information content (AvgIpc) is 2.80. The molecule has 3 rings (SSSR count). The van der Waals surface area contributed by atoms with E-state index in [2.05, 4.69) is 18.2 Å². The van der Waals surface area contributed by atoms with Gasteiger partial charge >= 0.3 is 0 Å². The van der Waals surface area contributed by atoms with Gasteiger partial charge in [0.15, 0.2) is 0 Å². The number of hydrogen-bond donors (Lipinski definition) is 0. The summed E-state index contributed by atoms with van der Waals surface area (Å²) in [6.07, 6.45) is 2.02. The fraction of sp³-hybridized carbons (Fsp3) is 0.0625. The predicted molar refractivity (Wildman–Crippen MR) is 70.1 cm³/mol. The molecule has 0 spiro atoms. The Morgan fingerprint density at radius 3 is 2.61 bits per heavy atom. The Labute approximate surface area is 105 Å². The Morgan fingerprint density at radius 2 is 1.83 bits per heavy atom. The summed E-state index contributed by atoms with van der Waals surface area (Å²) in [7, 11) is 0. The molecule has 0 atom stereocenters. The maximum Gasteiger partial charge on any atom is 0.138 e. The number of nitriles is 1. The summed E-state index contributed by atoms with van der Waals surface area (Å²) in [6.45, 7) is 0. The second-order valence-electron chi connectivity index (χ2n) is 4.14. The zero-order valence-electron chi connectivity index (χ0n) is 9.76. The quantitative estimate of drug-likeness (QED) is 0.667. The maximum atomic E-state index is 8.87. The number of nitrogens with zero attached hydrogens (tertiary/aromatic N) is 1. The fourth-order valence-electron chi connectivity index (χ4n) is 2.23. The molecule has 0 N–H and O–H groups in total. The largest absolute Gasteiger partial charge is 0.464 e. The molecule has 1 aromatic rings. The second-order valence-corrected chi connectivity index (χ2v) is 4.14. The molecule has 0 saturated carbocycles. The van der Waals surface area contributed by atoms with E-state index in [9.17, 15) is 0 Å². The summed E-state index contributed by atoms with van der Waals surface area (Å²) in [5.74, 6) is 0.818. The van der Waals surface area contributed by atoms with E-state index in [0.29, 0.717) is 6.42 Å². The van der Waals surface area contributed by atoms with Crippen molar-refractivity contribution < 1.29 is 4.42 Å². The van der Waals surface area contributed by atoms with E-state index in [-0.39, 0.29) is 0 Å². The molecular weight excluding hydrogens is 222 g/mol. The van der Waals surface area contributed by atoms with E-state index in [1.165, 1.54) is 0 Å². The summed E-state index contributed by atoms with van der Waals surface area (Å²) in [4.78, 5) is 0. The summed E-state index contributed by atoms with van der Waals surface area (Å²) in [5, 5.41) is 8.87. The summed E-state index contributed by atoms with van der Waals surface area (Å²) >= 11 is 0. The first-order valence-corrected chi connectivity index (χ1v) is 5.81. The molecule has 86 valence electrons. The SMILES string of the molecule is N#CCc1cc(-c2ccccc2)c2cccoc1-2. The first-order chi connectivity index (χ1) is 8.90.